The van der Waals surface area contributed by atoms with Crippen LogP contribution in [0.25, 0.3) is 0 Å². The third kappa shape index (κ3) is 3.70. The van der Waals surface area contributed by atoms with Crippen LogP contribution >= 0.6 is 0 Å². The molecule has 29 heavy (non-hydrogen) atoms. The van der Waals surface area contributed by atoms with Gasteiger partial charge in [-0.3, -0.25) is 10.2 Å². The molecule has 7 nitrogen and oxygen atoms in total. The van der Waals surface area contributed by atoms with E-state index in [-0.39, 0.29) is 28.3 Å². The number of rotatable bonds is 6. The maximum atomic E-state index is 14.6. The van der Waals surface area contributed by atoms with Gasteiger partial charge in [-0.25, -0.2) is 8.78 Å². The van der Waals surface area contributed by atoms with Crippen molar-refractivity contribution in [2.75, 3.05) is 23.4 Å². The largest absolute Gasteiger partial charge is 0.472 e. The van der Waals surface area contributed by atoms with Gasteiger partial charge in [-0.05, 0) is 30.3 Å². The van der Waals surface area contributed by atoms with Gasteiger partial charge >= 0.3 is 0 Å². The second-order valence-electron chi connectivity index (χ2n) is 6.05. The zero-order valence-corrected chi connectivity index (χ0v) is 15.3. The summed E-state index contributed by atoms with van der Waals surface area (Å²) in [5, 5.41) is 20.5. The molecule has 3 rings (SSSR count). The van der Waals surface area contributed by atoms with Crippen molar-refractivity contribution in [2.45, 2.75) is 0 Å². The fraction of sp³-hybridized carbons (Fsp3) is 0.0500. The number of halogens is 2. The summed E-state index contributed by atoms with van der Waals surface area (Å²) in [7, 11) is 1.45. The molecule has 0 aliphatic carbocycles. The average Bonchev–Trinajstić information content (AvgIpc) is 3.23. The van der Waals surface area contributed by atoms with Crippen LogP contribution in [0, 0.1) is 22.5 Å². The Labute approximate surface area is 164 Å². The van der Waals surface area contributed by atoms with Gasteiger partial charge in [0.25, 0.3) is 5.91 Å². The number of anilines is 3. The Hall–Kier alpha value is -4.01. The Morgan fingerprint density at radius 3 is 2.62 bits per heavy atom. The molecular formula is C20H17F2N5O2. The van der Waals surface area contributed by atoms with Crippen LogP contribution in [0.2, 0.25) is 0 Å². The second-order valence-corrected chi connectivity index (χ2v) is 6.05. The number of nitrogens with one attached hydrogen (secondary N) is 4. The van der Waals surface area contributed by atoms with Gasteiger partial charge in [-0.2, -0.15) is 0 Å². The molecule has 0 radical (unpaired) electrons. The van der Waals surface area contributed by atoms with Crippen LogP contribution < -0.4 is 16.4 Å². The zero-order chi connectivity index (χ0) is 21.1. The van der Waals surface area contributed by atoms with E-state index in [1.165, 1.54) is 37.8 Å². The van der Waals surface area contributed by atoms with E-state index in [9.17, 15) is 13.6 Å². The minimum absolute atomic E-state index is 0.0508. The summed E-state index contributed by atoms with van der Waals surface area (Å²) in [4.78, 5) is 12.5. The van der Waals surface area contributed by atoms with E-state index in [1.54, 1.807) is 6.07 Å². The lowest BCUT2D eigenvalue weighted by atomic mass is 10.0. The fourth-order valence-electron chi connectivity index (χ4n) is 2.80. The third-order valence-electron chi connectivity index (χ3n) is 4.29. The molecule has 0 spiro atoms. The molecule has 0 bridgehead atoms. The predicted octanol–water partition coefficient (Wildman–Crippen LogP) is 3.85. The molecule has 0 saturated heterocycles. The molecule has 0 saturated carbocycles. The summed E-state index contributed by atoms with van der Waals surface area (Å²) in [6.07, 6.45) is 3.48. The van der Waals surface area contributed by atoms with E-state index in [1.807, 2.05) is 0 Å². The molecule has 6 N–H and O–H groups in total. The summed E-state index contributed by atoms with van der Waals surface area (Å²) in [5.41, 5.74) is 6.26. The summed E-state index contributed by atoms with van der Waals surface area (Å²) in [5.74, 6) is -3.25. The Morgan fingerprint density at radius 2 is 2.00 bits per heavy atom. The predicted molar refractivity (Wildman–Crippen MR) is 107 cm³/mol. The summed E-state index contributed by atoms with van der Waals surface area (Å²) in [6.45, 7) is 0. The van der Waals surface area contributed by atoms with Crippen molar-refractivity contribution in [3.63, 3.8) is 0 Å². The zero-order valence-electron chi connectivity index (χ0n) is 15.3. The normalized spacial score (nSPS) is 10.4. The van der Waals surface area contributed by atoms with Crippen molar-refractivity contribution in [1.29, 1.82) is 10.8 Å². The SMILES string of the molecule is CNc1cc(F)c(C(=O)Nc2ccc(N)c(C(=N)c3ccoc3)c2)c(F)c1C=N. The summed E-state index contributed by atoms with van der Waals surface area (Å²) >= 11 is 0. The Kier molecular flexibility index (Phi) is 5.40. The van der Waals surface area contributed by atoms with Crippen LogP contribution in [-0.4, -0.2) is 24.9 Å². The van der Waals surface area contributed by atoms with E-state index in [0.717, 1.165) is 6.07 Å². The van der Waals surface area contributed by atoms with Gasteiger partial charge in [0.15, 0.2) is 0 Å². The number of hydrogen-bond acceptors (Lipinski definition) is 6. The van der Waals surface area contributed by atoms with E-state index in [4.69, 9.17) is 21.0 Å². The summed E-state index contributed by atoms with van der Waals surface area (Å²) < 4.78 is 33.9. The highest BCUT2D eigenvalue weighted by molar-refractivity contribution is 6.14. The smallest absolute Gasteiger partial charge is 0.261 e. The van der Waals surface area contributed by atoms with Crippen LogP contribution in [0.15, 0.2) is 47.3 Å². The van der Waals surface area contributed by atoms with Crippen LogP contribution in [0.1, 0.15) is 27.0 Å². The second kappa shape index (κ2) is 7.93. The van der Waals surface area contributed by atoms with Crippen molar-refractivity contribution in [1.82, 2.24) is 0 Å². The molecule has 9 heteroatoms. The van der Waals surface area contributed by atoms with Crippen molar-refractivity contribution in [3.05, 3.63) is 76.7 Å². The lowest BCUT2D eigenvalue weighted by molar-refractivity contribution is 0.101. The van der Waals surface area contributed by atoms with E-state index < -0.39 is 23.1 Å². The molecule has 1 aromatic heterocycles. The number of carbonyl (C=O) groups excluding carboxylic acids is 1. The maximum absolute atomic E-state index is 14.6. The molecule has 1 amide bonds. The number of benzene rings is 2. The first-order valence-corrected chi connectivity index (χ1v) is 8.40. The van der Waals surface area contributed by atoms with Crippen molar-refractivity contribution >= 4 is 34.9 Å². The molecule has 0 aliphatic heterocycles. The van der Waals surface area contributed by atoms with Crippen molar-refractivity contribution in [2.24, 2.45) is 0 Å². The van der Waals surface area contributed by atoms with Gasteiger partial charge in [0.05, 0.1) is 23.8 Å². The number of nitrogens with two attached hydrogens (primary N) is 1. The van der Waals surface area contributed by atoms with Crippen LogP contribution in [-0.2, 0) is 0 Å². The number of nitrogen functional groups attached to an aromatic ring is 1. The molecule has 0 unspecified atom stereocenters. The average molecular weight is 397 g/mol. The Morgan fingerprint density at radius 1 is 1.24 bits per heavy atom. The Bertz CT molecular complexity index is 1110. The first-order chi connectivity index (χ1) is 13.9. The van der Waals surface area contributed by atoms with Crippen molar-refractivity contribution in [3.8, 4) is 0 Å². The molecule has 0 atom stereocenters. The van der Waals surface area contributed by atoms with Crippen LogP contribution in [0.4, 0.5) is 25.8 Å². The van der Waals surface area contributed by atoms with Gasteiger partial charge in [-0.1, -0.05) is 0 Å². The fourth-order valence-corrected chi connectivity index (χ4v) is 2.80. The minimum atomic E-state index is -1.15. The summed E-state index contributed by atoms with van der Waals surface area (Å²) in [6, 6.07) is 6.88. The quantitative estimate of drug-likeness (QED) is 0.320. The number of carbonyl (C=O) groups is 1. The number of hydrogen-bond donors (Lipinski definition) is 5. The van der Waals surface area contributed by atoms with E-state index in [0.29, 0.717) is 17.3 Å². The van der Waals surface area contributed by atoms with Crippen LogP contribution in [0.5, 0.6) is 0 Å². The van der Waals surface area contributed by atoms with Crippen LogP contribution in [0.3, 0.4) is 0 Å². The van der Waals surface area contributed by atoms with Gasteiger partial charge in [-0.15, -0.1) is 0 Å². The van der Waals surface area contributed by atoms with Gasteiger partial charge < -0.3 is 26.2 Å². The Balaban J connectivity index is 1.95. The molecule has 3 aromatic rings. The van der Waals surface area contributed by atoms with E-state index in [2.05, 4.69) is 10.6 Å². The monoisotopic (exact) mass is 397 g/mol. The highest BCUT2D eigenvalue weighted by Gasteiger charge is 2.23. The van der Waals surface area contributed by atoms with Crippen molar-refractivity contribution < 1.29 is 18.0 Å². The number of amides is 1. The number of furan rings is 1. The van der Waals surface area contributed by atoms with E-state index >= 15 is 0 Å². The topological polar surface area (TPSA) is 128 Å². The highest BCUT2D eigenvalue weighted by atomic mass is 19.1. The first kappa shape index (κ1) is 19.7. The third-order valence-corrected chi connectivity index (χ3v) is 4.29. The lowest BCUT2D eigenvalue weighted by Crippen LogP contribution is -2.18. The van der Waals surface area contributed by atoms with Gasteiger partial charge in [0, 0.05) is 41.5 Å². The molecule has 148 valence electrons. The lowest BCUT2D eigenvalue weighted by Gasteiger charge is -2.13. The molecular weight excluding hydrogens is 380 g/mol. The molecule has 1 heterocycles. The standard InChI is InChI=1S/C20H17F2N5O2/c1-26-16-7-14(21)17(18(22)13(16)8-23)20(28)27-11-2-3-15(24)12(6-11)19(25)10-4-5-29-9-10/h2-9,23,25-26H,24H2,1H3,(H,27,28). The van der Waals surface area contributed by atoms with Gasteiger partial charge in [0.1, 0.15) is 17.2 Å². The molecule has 2 aromatic carbocycles. The first-order valence-electron chi connectivity index (χ1n) is 8.40. The molecule has 0 aliphatic rings. The molecule has 0 fully saturated rings. The maximum Gasteiger partial charge on any atom is 0.261 e. The minimum Gasteiger partial charge on any atom is -0.472 e. The highest BCUT2D eigenvalue weighted by Crippen LogP contribution is 2.26. The van der Waals surface area contributed by atoms with Gasteiger partial charge in [0.2, 0.25) is 0 Å².